The number of aliphatic hydroxyl groups excluding tert-OH is 2. The Hall–Kier alpha value is -5.09. The zero-order valence-corrected chi connectivity index (χ0v) is 89.8. The molecular formula is C119H208O16P2. The van der Waals surface area contributed by atoms with Crippen molar-refractivity contribution in [3.8, 4) is 0 Å². The Labute approximate surface area is 841 Å². The number of unbranched alkanes of at least 4 members (excludes halogenated alkanes) is 56. The number of aliphatic hydroxyl groups is 2. The molecule has 16 nitrogen and oxygen atoms in total. The van der Waals surface area contributed by atoms with Crippen LogP contribution in [0.5, 0.6) is 0 Å². The SMILES string of the molecule is CC/C=C\C/C=C\C/C=C\C/C=C\C/C=C\CCCCCCCCCCCCCCCCCCCC(=O)OCC(COP(=O)(O)OCC(O)COP(=O)(O)OCC(O)COC(=O)CCCCCCCCCCCCCCCCCCCCC/C=C\C/C=C\C/C=C\C/C=C\CCCCC)OC(=O)CCCCCCCCCCCCCCCCCCC/C=C\C/C=C\C/C=C\C/C=C\C/C=C\CC. The molecule has 790 valence electrons. The number of phosphoric ester groups is 2. The van der Waals surface area contributed by atoms with Gasteiger partial charge in [-0.1, -0.05) is 506 Å². The minimum Gasteiger partial charge on any atom is -0.463 e. The van der Waals surface area contributed by atoms with Crippen molar-refractivity contribution in [2.75, 3.05) is 39.6 Å². The van der Waals surface area contributed by atoms with Crippen LogP contribution in [0.15, 0.2) is 170 Å². The summed E-state index contributed by atoms with van der Waals surface area (Å²) in [4.78, 5) is 59.4. The fourth-order valence-electron chi connectivity index (χ4n) is 16.0. The van der Waals surface area contributed by atoms with Gasteiger partial charge in [-0.05, 0) is 154 Å². The highest BCUT2D eigenvalue weighted by atomic mass is 31.2. The molecule has 0 amide bonds. The zero-order chi connectivity index (χ0) is 99.2. The monoisotopic (exact) mass is 1960 g/mol. The van der Waals surface area contributed by atoms with E-state index >= 15 is 0 Å². The van der Waals surface area contributed by atoms with E-state index < -0.39 is 91.5 Å². The van der Waals surface area contributed by atoms with Gasteiger partial charge in [0.25, 0.3) is 0 Å². The van der Waals surface area contributed by atoms with E-state index in [1.807, 2.05) is 0 Å². The summed E-state index contributed by atoms with van der Waals surface area (Å²) in [5.74, 6) is -1.55. The van der Waals surface area contributed by atoms with Gasteiger partial charge in [0.15, 0.2) is 6.10 Å². The van der Waals surface area contributed by atoms with Crippen molar-refractivity contribution in [1.82, 2.24) is 0 Å². The second-order valence-electron chi connectivity index (χ2n) is 37.8. The van der Waals surface area contributed by atoms with Gasteiger partial charge in [-0.25, -0.2) is 9.13 Å². The predicted molar refractivity (Wildman–Crippen MR) is 583 cm³/mol. The van der Waals surface area contributed by atoms with Crippen molar-refractivity contribution >= 4 is 33.6 Å². The highest BCUT2D eigenvalue weighted by Gasteiger charge is 2.30. The topological polar surface area (TPSA) is 231 Å². The van der Waals surface area contributed by atoms with E-state index in [9.17, 15) is 43.5 Å². The number of hydrogen-bond acceptors (Lipinski definition) is 14. The molecule has 0 saturated carbocycles. The minimum atomic E-state index is -4.95. The van der Waals surface area contributed by atoms with Gasteiger partial charge in [-0.15, -0.1) is 0 Å². The first-order valence-corrected chi connectivity index (χ1v) is 59.4. The number of carbonyl (C=O) groups excluding carboxylic acids is 3. The predicted octanol–water partition coefficient (Wildman–Crippen LogP) is 36.5. The molecular weight excluding hydrogens is 1750 g/mol. The molecule has 0 aromatic rings. The number of allylic oxidation sites excluding steroid dienone is 28. The van der Waals surface area contributed by atoms with Gasteiger partial charge in [-0.2, -0.15) is 0 Å². The van der Waals surface area contributed by atoms with Gasteiger partial charge < -0.3 is 34.2 Å². The van der Waals surface area contributed by atoms with Crippen LogP contribution in [0.4, 0.5) is 0 Å². The van der Waals surface area contributed by atoms with Crippen molar-refractivity contribution in [2.24, 2.45) is 0 Å². The summed E-state index contributed by atoms with van der Waals surface area (Å²) in [7, 11) is -9.82. The van der Waals surface area contributed by atoms with Crippen LogP contribution in [0, 0.1) is 0 Å². The maximum atomic E-state index is 13.2. The fourth-order valence-corrected chi connectivity index (χ4v) is 17.6. The highest BCUT2D eigenvalue weighted by molar-refractivity contribution is 7.47. The molecule has 0 radical (unpaired) electrons. The number of ether oxygens (including phenoxy) is 3. The molecule has 5 unspecified atom stereocenters. The van der Waals surface area contributed by atoms with Gasteiger partial charge in [0.05, 0.1) is 26.4 Å². The molecule has 0 rings (SSSR count). The van der Waals surface area contributed by atoms with E-state index in [1.54, 1.807) is 0 Å². The third-order valence-corrected chi connectivity index (χ3v) is 26.3. The molecule has 0 spiro atoms. The lowest BCUT2D eigenvalue weighted by molar-refractivity contribution is -0.161. The molecule has 0 aliphatic heterocycles. The Morgan fingerprint density at radius 3 is 0.613 bits per heavy atom. The van der Waals surface area contributed by atoms with E-state index in [2.05, 4.69) is 191 Å². The van der Waals surface area contributed by atoms with Crippen LogP contribution < -0.4 is 0 Å². The molecule has 0 aliphatic carbocycles. The molecule has 0 saturated heterocycles. The number of esters is 3. The summed E-state index contributed by atoms with van der Waals surface area (Å²) < 4.78 is 61.9. The van der Waals surface area contributed by atoms with Gasteiger partial charge >= 0.3 is 33.6 Å². The lowest BCUT2D eigenvalue weighted by Gasteiger charge is -2.21. The molecule has 18 heteroatoms. The minimum absolute atomic E-state index is 0.105. The standard InChI is InChI=1S/C119H208O16P2/c1-4-7-10-13-16-19-22-25-28-31-34-37-40-43-46-49-52-55-56-59-61-63-66-69-72-75-78-81-84-87-90-93-96-99-102-105-117(122)129-108-114(120)109-131-136(125,126)132-110-115(121)111-133-137(127,128)134-113-116(135-119(124)107-104-101-98-95-92-89-86-83-80-77-74-71-68-65-62-58-54-51-48-45-42-39-36-33-30-27-24-21-18-15-12-9-6-3)112-130-118(123)106-103-100-97-94-91-88-85-82-79-76-73-70-67-64-60-57-53-50-47-44-41-38-35-32-29-26-23-20-17-14-11-8-5-2/h8-9,11-12,16-21,25-30,34-39,43-48,114-116,120-121H,4-7,10,13-15,22-24,31-33,40-42,49-113H2,1-3H3,(H,125,126)(H,127,128)/b11-8-,12-9-,19-16-,20-17-,21-18-,28-25-,29-26-,30-27-,37-34-,38-35-,39-36-,46-43-,47-44-,48-45-. The van der Waals surface area contributed by atoms with E-state index in [4.69, 9.17) is 32.3 Å². The van der Waals surface area contributed by atoms with Crippen molar-refractivity contribution in [3.05, 3.63) is 170 Å². The lowest BCUT2D eigenvalue weighted by atomic mass is 10.0. The molecule has 0 aromatic carbocycles. The second-order valence-corrected chi connectivity index (χ2v) is 40.7. The normalized spacial score (nSPS) is 14.2. The first kappa shape index (κ1) is 132. The van der Waals surface area contributed by atoms with Crippen molar-refractivity contribution < 1.29 is 75.8 Å². The Morgan fingerprint density at radius 1 is 0.212 bits per heavy atom. The Kier molecular flexibility index (Phi) is 106. The van der Waals surface area contributed by atoms with E-state index in [0.29, 0.717) is 19.3 Å². The molecule has 4 N–H and O–H groups in total. The number of hydrogen-bond donors (Lipinski definition) is 4. The van der Waals surface area contributed by atoms with Crippen LogP contribution in [0.2, 0.25) is 0 Å². The summed E-state index contributed by atoms with van der Waals surface area (Å²) in [6.07, 6.45) is 146. The molecule has 5 atom stereocenters. The van der Waals surface area contributed by atoms with Crippen LogP contribution in [-0.2, 0) is 55.8 Å². The summed E-state index contributed by atoms with van der Waals surface area (Å²) in [6, 6.07) is 0. The van der Waals surface area contributed by atoms with E-state index in [-0.39, 0.29) is 19.3 Å². The number of phosphoric acid groups is 2. The van der Waals surface area contributed by atoms with Crippen LogP contribution in [0.25, 0.3) is 0 Å². The van der Waals surface area contributed by atoms with E-state index in [1.165, 1.54) is 302 Å². The van der Waals surface area contributed by atoms with Crippen LogP contribution in [0.3, 0.4) is 0 Å². The van der Waals surface area contributed by atoms with Gasteiger partial charge in [0.2, 0.25) is 0 Å². The summed E-state index contributed by atoms with van der Waals surface area (Å²) >= 11 is 0. The van der Waals surface area contributed by atoms with Crippen LogP contribution in [0.1, 0.15) is 509 Å². The fraction of sp³-hybridized carbons (Fsp3) is 0.739. The van der Waals surface area contributed by atoms with Crippen molar-refractivity contribution in [1.29, 1.82) is 0 Å². The highest BCUT2D eigenvalue weighted by Crippen LogP contribution is 2.45. The summed E-state index contributed by atoms with van der Waals surface area (Å²) in [6.45, 7) is 2.54. The first-order chi connectivity index (χ1) is 67.2. The molecule has 0 aromatic heterocycles. The maximum Gasteiger partial charge on any atom is 0.472 e. The molecule has 0 fully saturated rings. The van der Waals surface area contributed by atoms with Gasteiger partial charge in [0.1, 0.15) is 25.4 Å². The Morgan fingerprint density at radius 2 is 0.387 bits per heavy atom. The maximum absolute atomic E-state index is 13.2. The third kappa shape index (κ3) is 111. The average Bonchev–Trinajstić information content (AvgIpc) is 0.899. The molecule has 0 aliphatic rings. The zero-order valence-electron chi connectivity index (χ0n) is 88.0. The van der Waals surface area contributed by atoms with Gasteiger partial charge in [0, 0.05) is 19.3 Å². The smallest absolute Gasteiger partial charge is 0.463 e. The summed E-state index contributed by atoms with van der Waals surface area (Å²) in [5, 5.41) is 20.8. The molecule has 137 heavy (non-hydrogen) atoms. The number of rotatable bonds is 107. The molecule has 0 heterocycles. The Balaban J connectivity index is 4.58. The molecule has 0 bridgehead atoms. The van der Waals surface area contributed by atoms with Crippen LogP contribution in [-0.4, -0.2) is 95.9 Å². The van der Waals surface area contributed by atoms with Gasteiger partial charge in [-0.3, -0.25) is 32.5 Å². The number of carbonyl (C=O) groups is 3. The first-order valence-electron chi connectivity index (χ1n) is 56.4. The quantitative estimate of drug-likeness (QED) is 0.0146. The van der Waals surface area contributed by atoms with Crippen molar-refractivity contribution in [3.63, 3.8) is 0 Å². The van der Waals surface area contributed by atoms with Crippen LogP contribution >= 0.6 is 15.6 Å². The summed E-state index contributed by atoms with van der Waals surface area (Å²) in [5.41, 5.74) is 0. The largest absolute Gasteiger partial charge is 0.472 e. The van der Waals surface area contributed by atoms with E-state index in [0.717, 1.165) is 148 Å². The van der Waals surface area contributed by atoms with Crippen molar-refractivity contribution in [2.45, 2.75) is 527 Å². The second kappa shape index (κ2) is 110. The third-order valence-electron chi connectivity index (χ3n) is 24.4. The average molecular weight is 1960 g/mol. The lowest BCUT2D eigenvalue weighted by Crippen LogP contribution is -2.30. The Bertz CT molecular complexity index is 3170.